The maximum absolute atomic E-state index is 12.2. The van der Waals surface area contributed by atoms with Crippen LogP contribution in [-0.4, -0.2) is 15.5 Å². The molecule has 1 heterocycles. The average Bonchev–Trinajstić information content (AvgIpc) is 2.76. The number of aromatic nitrogens is 1. The summed E-state index contributed by atoms with van der Waals surface area (Å²) in [6.07, 6.45) is 5.11. The van der Waals surface area contributed by atoms with Crippen molar-refractivity contribution in [1.82, 2.24) is 4.57 Å². The topological polar surface area (TPSA) is 42.2 Å². The van der Waals surface area contributed by atoms with Crippen LogP contribution in [0.1, 0.15) is 35.9 Å². The van der Waals surface area contributed by atoms with Crippen LogP contribution < -0.4 is 0 Å². The number of rotatable bonds is 2. The van der Waals surface area contributed by atoms with Crippen LogP contribution in [0.3, 0.4) is 0 Å². The standard InChI is InChI=1S/C17H15NO2S2/c1-10(2)18-16(20)15(22-17(18)21)9-13-12-6-4-3-5-11(12)7-8-14(13)19/h3-10,20H,1-2H3. The smallest absolute Gasteiger partial charge is 0.210 e. The van der Waals surface area contributed by atoms with Gasteiger partial charge in [0.15, 0.2) is 9.74 Å². The Bertz CT molecular complexity index is 869. The zero-order chi connectivity index (χ0) is 15.9. The lowest BCUT2D eigenvalue weighted by molar-refractivity contribution is -0.109. The van der Waals surface area contributed by atoms with Crippen molar-refractivity contribution in [3.8, 4) is 5.88 Å². The second-order valence-corrected chi connectivity index (χ2v) is 7.04. The molecule has 0 saturated heterocycles. The maximum Gasteiger partial charge on any atom is 0.210 e. The number of aromatic hydroxyl groups is 1. The number of ketones is 1. The molecular formula is C17H15NO2S2. The lowest BCUT2D eigenvalue weighted by Crippen LogP contribution is -2.04. The molecule has 0 bridgehead atoms. The van der Waals surface area contributed by atoms with E-state index in [4.69, 9.17) is 12.2 Å². The van der Waals surface area contributed by atoms with Crippen LogP contribution in [0.4, 0.5) is 0 Å². The molecule has 1 aliphatic rings. The molecule has 3 nitrogen and oxygen atoms in total. The third-order valence-corrected chi connectivity index (χ3v) is 4.90. The van der Waals surface area contributed by atoms with Crippen molar-refractivity contribution in [2.24, 2.45) is 0 Å². The highest BCUT2D eigenvalue weighted by Crippen LogP contribution is 2.35. The number of benzene rings is 1. The number of carbonyl (C=O) groups excluding carboxylic acids is 1. The minimum Gasteiger partial charge on any atom is -0.493 e. The van der Waals surface area contributed by atoms with Crippen molar-refractivity contribution in [3.63, 3.8) is 0 Å². The Morgan fingerprint density at radius 1 is 1.27 bits per heavy atom. The normalized spacial score (nSPS) is 15.6. The quantitative estimate of drug-likeness (QED) is 0.641. The summed E-state index contributed by atoms with van der Waals surface area (Å²) in [7, 11) is 0. The van der Waals surface area contributed by atoms with E-state index in [1.54, 1.807) is 16.7 Å². The van der Waals surface area contributed by atoms with Gasteiger partial charge in [-0.25, -0.2) is 0 Å². The van der Waals surface area contributed by atoms with E-state index in [2.05, 4.69) is 0 Å². The van der Waals surface area contributed by atoms with Gasteiger partial charge in [-0.15, -0.1) is 11.3 Å². The Morgan fingerprint density at radius 2 is 2.00 bits per heavy atom. The Hall–Kier alpha value is -1.98. The largest absolute Gasteiger partial charge is 0.493 e. The molecule has 5 heteroatoms. The van der Waals surface area contributed by atoms with Crippen LogP contribution in [0.15, 0.2) is 30.3 Å². The Morgan fingerprint density at radius 3 is 2.68 bits per heavy atom. The van der Waals surface area contributed by atoms with E-state index < -0.39 is 0 Å². The van der Waals surface area contributed by atoms with Gasteiger partial charge >= 0.3 is 0 Å². The predicted molar refractivity (Wildman–Crippen MR) is 93.5 cm³/mol. The number of carbonyl (C=O) groups is 1. The Kier molecular flexibility index (Phi) is 3.85. The first-order valence-corrected chi connectivity index (χ1v) is 8.19. The minimum atomic E-state index is -0.0616. The predicted octanol–water partition coefficient (Wildman–Crippen LogP) is 4.70. The van der Waals surface area contributed by atoms with Crippen LogP contribution in [0, 0.1) is 3.95 Å². The van der Waals surface area contributed by atoms with Crippen molar-refractivity contribution in [3.05, 3.63) is 50.3 Å². The molecule has 22 heavy (non-hydrogen) atoms. The summed E-state index contributed by atoms with van der Waals surface area (Å²) >= 11 is 6.62. The van der Waals surface area contributed by atoms with Crippen molar-refractivity contribution in [2.45, 2.75) is 19.9 Å². The summed E-state index contributed by atoms with van der Waals surface area (Å²) in [5, 5.41) is 10.4. The number of nitrogens with zero attached hydrogens (tertiary/aromatic N) is 1. The van der Waals surface area contributed by atoms with Gasteiger partial charge in [-0.05, 0) is 49.3 Å². The fraction of sp³-hybridized carbons (Fsp3) is 0.176. The molecule has 112 valence electrons. The fourth-order valence-corrected chi connectivity index (χ4v) is 4.02. The molecule has 0 atom stereocenters. The molecule has 0 saturated carbocycles. The van der Waals surface area contributed by atoms with E-state index in [1.165, 1.54) is 11.3 Å². The molecule has 1 aromatic heterocycles. The lowest BCUT2D eigenvalue weighted by atomic mass is 9.91. The highest BCUT2D eigenvalue weighted by molar-refractivity contribution is 7.73. The Balaban J connectivity index is 2.17. The SMILES string of the molecule is CC(C)n1c(O)c(C=C2C(=O)C=Cc3ccccc32)sc1=S. The number of fused-ring (bicyclic) bond motifs is 1. The molecular weight excluding hydrogens is 314 g/mol. The molecule has 1 aromatic carbocycles. The highest BCUT2D eigenvalue weighted by Gasteiger charge is 2.19. The highest BCUT2D eigenvalue weighted by atomic mass is 32.1. The van der Waals surface area contributed by atoms with Crippen molar-refractivity contribution in [1.29, 1.82) is 0 Å². The fourth-order valence-electron chi connectivity index (χ4n) is 2.50. The summed E-state index contributed by atoms with van der Waals surface area (Å²) in [5.41, 5.74) is 2.46. The number of hydrogen-bond acceptors (Lipinski definition) is 4. The average molecular weight is 329 g/mol. The van der Waals surface area contributed by atoms with E-state index in [0.717, 1.165) is 11.1 Å². The zero-order valence-corrected chi connectivity index (χ0v) is 13.9. The third kappa shape index (κ3) is 2.46. The molecule has 1 N–H and O–H groups in total. The summed E-state index contributed by atoms with van der Waals surface area (Å²) in [4.78, 5) is 12.9. The van der Waals surface area contributed by atoms with Crippen molar-refractivity contribution >= 4 is 47.1 Å². The maximum atomic E-state index is 12.2. The molecule has 3 rings (SSSR count). The van der Waals surface area contributed by atoms with Gasteiger partial charge in [0, 0.05) is 11.6 Å². The van der Waals surface area contributed by atoms with Gasteiger partial charge in [-0.1, -0.05) is 30.3 Å². The summed E-state index contributed by atoms with van der Waals surface area (Å²) in [6.45, 7) is 3.92. The van der Waals surface area contributed by atoms with E-state index in [-0.39, 0.29) is 17.7 Å². The van der Waals surface area contributed by atoms with Gasteiger partial charge < -0.3 is 5.11 Å². The molecule has 0 unspecified atom stereocenters. The molecule has 0 aliphatic heterocycles. The van der Waals surface area contributed by atoms with Gasteiger partial charge in [0.1, 0.15) is 0 Å². The van der Waals surface area contributed by atoms with Gasteiger partial charge in [0.05, 0.1) is 4.88 Å². The van der Waals surface area contributed by atoms with Gasteiger partial charge in [0.2, 0.25) is 5.88 Å². The Labute approximate surface area is 137 Å². The molecule has 0 fully saturated rings. The third-order valence-electron chi connectivity index (χ3n) is 3.57. The van der Waals surface area contributed by atoms with Crippen LogP contribution in [0.2, 0.25) is 0 Å². The molecule has 1 aliphatic carbocycles. The monoisotopic (exact) mass is 329 g/mol. The lowest BCUT2D eigenvalue weighted by Gasteiger charge is -2.13. The first-order chi connectivity index (χ1) is 10.5. The number of allylic oxidation sites excluding steroid dienone is 2. The second kappa shape index (κ2) is 5.66. The minimum absolute atomic E-state index is 0.0616. The first kappa shape index (κ1) is 14.9. The van der Waals surface area contributed by atoms with Gasteiger partial charge in [-0.2, -0.15) is 0 Å². The molecule has 2 aromatic rings. The second-order valence-electron chi connectivity index (χ2n) is 5.36. The van der Waals surface area contributed by atoms with Crippen LogP contribution in [0.25, 0.3) is 17.7 Å². The van der Waals surface area contributed by atoms with E-state index in [9.17, 15) is 9.90 Å². The van der Waals surface area contributed by atoms with E-state index >= 15 is 0 Å². The van der Waals surface area contributed by atoms with Crippen molar-refractivity contribution < 1.29 is 9.90 Å². The number of hydrogen-bond donors (Lipinski definition) is 1. The molecule has 0 spiro atoms. The van der Waals surface area contributed by atoms with Crippen LogP contribution in [-0.2, 0) is 4.79 Å². The first-order valence-electron chi connectivity index (χ1n) is 6.97. The van der Waals surface area contributed by atoms with E-state index in [0.29, 0.717) is 14.4 Å². The summed E-state index contributed by atoms with van der Waals surface area (Å²) in [5.74, 6) is 0.0610. The summed E-state index contributed by atoms with van der Waals surface area (Å²) in [6, 6.07) is 7.80. The van der Waals surface area contributed by atoms with Gasteiger partial charge in [-0.3, -0.25) is 9.36 Å². The zero-order valence-electron chi connectivity index (χ0n) is 12.2. The van der Waals surface area contributed by atoms with Gasteiger partial charge in [0.25, 0.3) is 0 Å². The van der Waals surface area contributed by atoms with Crippen molar-refractivity contribution in [2.75, 3.05) is 0 Å². The van der Waals surface area contributed by atoms with Crippen LogP contribution >= 0.6 is 23.6 Å². The molecule has 0 radical (unpaired) electrons. The summed E-state index contributed by atoms with van der Waals surface area (Å²) < 4.78 is 2.30. The number of thiazole rings is 1. The van der Waals surface area contributed by atoms with E-state index in [1.807, 2.05) is 44.2 Å². The van der Waals surface area contributed by atoms with Crippen LogP contribution in [0.5, 0.6) is 5.88 Å². The molecule has 0 amide bonds.